The third-order valence-electron chi connectivity index (χ3n) is 3.20. The molecule has 0 saturated carbocycles. The van der Waals surface area contributed by atoms with Gasteiger partial charge in [0.2, 0.25) is 12.4 Å². The van der Waals surface area contributed by atoms with Crippen molar-refractivity contribution in [3.05, 3.63) is 60.0 Å². The highest BCUT2D eigenvalue weighted by Gasteiger charge is 2.13. The molecule has 0 spiro atoms. The average molecular weight is 294 g/mol. The number of hydrogen-bond acceptors (Lipinski definition) is 4. The van der Waals surface area contributed by atoms with E-state index in [4.69, 9.17) is 5.26 Å². The molecule has 3 rings (SSSR count). The molecule has 0 aliphatic rings. The highest BCUT2D eigenvalue weighted by molar-refractivity contribution is 7.18. The lowest BCUT2D eigenvalue weighted by Crippen LogP contribution is -2.28. The Balaban J connectivity index is 1.99. The standard InChI is InChI=1S/C16H12N3OS/c1-11-6-7-19(20)10-14(11)16-18-9-15(21-16)13-4-2-12(8-17)3-5-13/h2-7,9-10,20H,1H3/q+1. The lowest BCUT2D eigenvalue weighted by molar-refractivity contribution is -0.904. The quantitative estimate of drug-likeness (QED) is 0.583. The van der Waals surface area contributed by atoms with Gasteiger partial charge in [-0.2, -0.15) is 5.26 Å². The van der Waals surface area contributed by atoms with Crippen LogP contribution in [0.5, 0.6) is 0 Å². The predicted octanol–water partition coefficient (Wildman–Crippen LogP) is 3.18. The van der Waals surface area contributed by atoms with E-state index >= 15 is 0 Å². The van der Waals surface area contributed by atoms with Gasteiger partial charge in [0.05, 0.1) is 22.1 Å². The number of aromatic nitrogens is 2. The third kappa shape index (κ3) is 2.62. The summed E-state index contributed by atoms with van der Waals surface area (Å²) in [5.41, 5.74) is 3.64. The number of benzene rings is 1. The molecular formula is C16H12N3OS+. The normalized spacial score (nSPS) is 10.3. The molecule has 1 aromatic carbocycles. The molecule has 0 radical (unpaired) electrons. The van der Waals surface area contributed by atoms with Crippen molar-refractivity contribution in [3.8, 4) is 27.1 Å². The minimum Gasteiger partial charge on any atom is -0.285 e. The van der Waals surface area contributed by atoms with E-state index in [-0.39, 0.29) is 0 Å². The van der Waals surface area contributed by atoms with Crippen LogP contribution in [0.2, 0.25) is 0 Å². The van der Waals surface area contributed by atoms with Crippen LogP contribution in [0.3, 0.4) is 0 Å². The molecule has 0 unspecified atom stereocenters. The number of nitriles is 1. The topological polar surface area (TPSA) is 60.8 Å². The molecule has 0 amide bonds. The van der Waals surface area contributed by atoms with Crippen molar-refractivity contribution in [1.29, 1.82) is 5.26 Å². The summed E-state index contributed by atoms with van der Waals surface area (Å²) in [6, 6.07) is 11.4. The van der Waals surface area contributed by atoms with Gasteiger partial charge in [-0.15, -0.1) is 11.3 Å². The maximum absolute atomic E-state index is 9.54. The lowest BCUT2D eigenvalue weighted by Gasteiger charge is -1.98. The zero-order valence-corrected chi connectivity index (χ0v) is 12.1. The summed E-state index contributed by atoms with van der Waals surface area (Å²) in [6.07, 6.45) is 5.06. The number of pyridine rings is 1. The first-order chi connectivity index (χ1) is 10.2. The molecule has 0 atom stereocenters. The van der Waals surface area contributed by atoms with Gasteiger partial charge in [0, 0.05) is 17.0 Å². The molecule has 4 nitrogen and oxygen atoms in total. The summed E-state index contributed by atoms with van der Waals surface area (Å²) in [6.45, 7) is 1.98. The highest BCUT2D eigenvalue weighted by Crippen LogP contribution is 2.32. The van der Waals surface area contributed by atoms with Crippen LogP contribution in [0.4, 0.5) is 0 Å². The summed E-state index contributed by atoms with van der Waals surface area (Å²) in [5, 5.41) is 19.2. The van der Waals surface area contributed by atoms with E-state index in [2.05, 4.69) is 11.1 Å². The van der Waals surface area contributed by atoms with E-state index in [0.29, 0.717) is 5.56 Å². The first-order valence-electron chi connectivity index (χ1n) is 6.35. The molecule has 0 bridgehead atoms. The second-order valence-electron chi connectivity index (χ2n) is 4.64. The minimum atomic E-state index is 0.642. The number of thiazole rings is 1. The lowest BCUT2D eigenvalue weighted by atomic mass is 10.1. The Kier molecular flexibility index (Phi) is 3.38. The van der Waals surface area contributed by atoms with Gasteiger partial charge in [-0.3, -0.25) is 5.21 Å². The first kappa shape index (κ1) is 13.3. The van der Waals surface area contributed by atoms with E-state index in [9.17, 15) is 5.21 Å². The predicted molar refractivity (Wildman–Crippen MR) is 79.8 cm³/mol. The molecule has 2 aromatic heterocycles. The van der Waals surface area contributed by atoms with Gasteiger partial charge in [0.15, 0.2) is 0 Å². The molecule has 0 aliphatic carbocycles. The molecular weight excluding hydrogens is 282 g/mol. The number of aryl methyl sites for hydroxylation is 1. The monoisotopic (exact) mass is 294 g/mol. The maximum Gasteiger partial charge on any atom is 0.232 e. The fourth-order valence-corrected chi connectivity index (χ4v) is 3.02. The Morgan fingerprint density at radius 2 is 2.00 bits per heavy atom. The Hall–Kier alpha value is -2.71. The van der Waals surface area contributed by atoms with Crippen molar-refractivity contribution in [1.82, 2.24) is 4.98 Å². The van der Waals surface area contributed by atoms with E-state index in [1.54, 1.807) is 35.9 Å². The number of rotatable bonds is 2. The summed E-state index contributed by atoms with van der Waals surface area (Å²) < 4.78 is 1.03. The van der Waals surface area contributed by atoms with E-state index in [1.807, 2.05) is 31.3 Å². The molecule has 0 aliphatic heterocycles. The van der Waals surface area contributed by atoms with Crippen molar-refractivity contribution in [2.24, 2.45) is 0 Å². The molecule has 0 saturated heterocycles. The van der Waals surface area contributed by atoms with Crippen molar-refractivity contribution in [2.45, 2.75) is 6.92 Å². The second kappa shape index (κ2) is 5.35. The zero-order valence-electron chi connectivity index (χ0n) is 11.3. The van der Waals surface area contributed by atoms with Crippen molar-refractivity contribution >= 4 is 11.3 Å². The van der Waals surface area contributed by atoms with Crippen LogP contribution in [0, 0.1) is 18.3 Å². The van der Waals surface area contributed by atoms with Crippen molar-refractivity contribution in [2.75, 3.05) is 0 Å². The van der Waals surface area contributed by atoms with Crippen LogP contribution < -0.4 is 4.73 Å². The highest BCUT2D eigenvalue weighted by atomic mass is 32.1. The van der Waals surface area contributed by atoms with Gasteiger partial charge in [-0.25, -0.2) is 4.98 Å². The maximum atomic E-state index is 9.54. The van der Waals surface area contributed by atoms with Gasteiger partial charge >= 0.3 is 0 Å². The molecule has 2 heterocycles. The van der Waals surface area contributed by atoms with Crippen LogP contribution in [-0.2, 0) is 0 Å². The average Bonchev–Trinajstić information content (AvgIpc) is 2.99. The van der Waals surface area contributed by atoms with E-state index in [1.165, 1.54) is 0 Å². The van der Waals surface area contributed by atoms with Gasteiger partial charge in [0.25, 0.3) is 0 Å². The van der Waals surface area contributed by atoms with Crippen molar-refractivity contribution < 1.29 is 9.94 Å². The summed E-state index contributed by atoms with van der Waals surface area (Å²) >= 11 is 1.56. The molecule has 1 N–H and O–H groups in total. The Labute approximate surface area is 126 Å². The Morgan fingerprint density at radius 3 is 2.71 bits per heavy atom. The van der Waals surface area contributed by atoms with Gasteiger partial charge in [-0.05, 0) is 30.2 Å². The van der Waals surface area contributed by atoms with Crippen LogP contribution in [-0.4, -0.2) is 10.2 Å². The summed E-state index contributed by atoms with van der Waals surface area (Å²) in [5.74, 6) is 0. The fourth-order valence-electron chi connectivity index (χ4n) is 2.02. The van der Waals surface area contributed by atoms with E-state index < -0.39 is 0 Å². The molecule has 0 fully saturated rings. The smallest absolute Gasteiger partial charge is 0.232 e. The zero-order chi connectivity index (χ0) is 14.8. The minimum absolute atomic E-state index is 0.642. The summed E-state index contributed by atoms with van der Waals surface area (Å²) in [7, 11) is 0. The molecule has 3 aromatic rings. The first-order valence-corrected chi connectivity index (χ1v) is 7.17. The molecule has 5 heteroatoms. The van der Waals surface area contributed by atoms with Crippen LogP contribution in [0.1, 0.15) is 11.1 Å². The molecule has 102 valence electrons. The molecule has 21 heavy (non-hydrogen) atoms. The SMILES string of the molecule is Cc1cc[n+](O)cc1-c1ncc(-c2ccc(C#N)cc2)s1. The van der Waals surface area contributed by atoms with Crippen LogP contribution >= 0.6 is 11.3 Å². The van der Waals surface area contributed by atoms with Gasteiger partial charge < -0.3 is 0 Å². The fraction of sp³-hybridized carbons (Fsp3) is 0.0625. The van der Waals surface area contributed by atoms with Gasteiger partial charge in [-0.1, -0.05) is 12.1 Å². The second-order valence-corrected chi connectivity index (χ2v) is 5.67. The number of hydrogen-bond donors (Lipinski definition) is 1. The van der Waals surface area contributed by atoms with Crippen molar-refractivity contribution in [3.63, 3.8) is 0 Å². The largest absolute Gasteiger partial charge is 0.285 e. The Morgan fingerprint density at radius 1 is 1.24 bits per heavy atom. The van der Waals surface area contributed by atoms with Gasteiger partial charge in [0.1, 0.15) is 5.01 Å². The van der Waals surface area contributed by atoms with Crippen LogP contribution in [0.25, 0.3) is 21.0 Å². The van der Waals surface area contributed by atoms with E-state index in [0.717, 1.165) is 31.3 Å². The van der Waals surface area contributed by atoms with Crippen LogP contribution in [0.15, 0.2) is 48.9 Å². The third-order valence-corrected chi connectivity index (χ3v) is 4.28. The number of nitrogens with zero attached hydrogens (tertiary/aromatic N) is 3. The Bertz CT molecular complexity index is 831. The summed E-state index contributed by atoms with van der Waals surface area (Å²) in [4.78, 5) is 5.47.